The third-order valence-corrected chi connectivity index (χ3v) is 7.01. The molecule has 0 saturated heterocycles. The normalized spacial score (nSPS) is 35.6. The Morgan fingerprint density at radius 3 is 2.30 bits per heavy atom. The van der Waals surface area contributed by atoms with Gasteiger partial charge in [-0.05, 0) is 44.7 Å². The summed E-state index contributed by atoms with van der Waals surface area (Å²) in [4.78, 5) is 2.48. The quantitative estimate of drug-likeness (QED) is 0.841. The zero-order chi connectivity index (χ0) is 14.8. The molecule has 2 N–H and O–H groups in total. The highest BCUT2D eigenvalue weighted by molar-refractivity contribution is 7.91. The number of sulfone groups is 1. The summed E-state index contributed by atoms with van der Waals surface area (Å²) in [5, 5.41) is -0.164. The van der Waals surface area contributed by atoms with E-state index in [2.05, 4.69) is 11.8 Å². The van der Waals surface area contributed by atoms with Crippen LogP contribution in [-0.2, 0) is 9.84 Å². The number of rotatable bonds is 5. The van der Waals surface area contributed by atoms with Gasteiger partial charge in [-0.2, -0.15) is 0 Å². The van der Waals surface area contributed by atoms with Crippen LogP contribution in [0.2, 0.25) is 0 Å². The van der Waals surface area contributed by atoms with Gasteiger partial charge in [0.2, 0.25) is 0 Å². The molecule has 0 aromatic carbocycles. The molecule has 4 unspecified atom stereocenters. The fourth-order valence-electron chi connectivity index (χ4n) is 4.40. The zero-order valence-electron chi connectivity index (χ0n) is 12.9. The lowest BCUT2D eigenvalue weighted by atomic mass is 9.82. The molecule has 2 aliphatic rings. The molecule has 118 valence electrons. The summed E-state index contributed by atoms with van der Waals surface area (Å²) in [6, 6.07) is 0.707. The van der Waals surface area contributed by atoms with Gasteiger partial charge in [-0.15, -0.1) is 0 Å². The molecule has 0 heterocycles. The van der Waals surface area contributed by atoms with Gasteiger partial charge < -0.3 is 5.73 Å². The highest BCUT2D eigenvalue weighted by atomic mass is 32.2. The van der Waals surface area contributed by atoms with Gasteiger partial charge in [0, 0.05) is 18.3 Å². The molecule has 20 heavy (non-hydrogen) atoms. The van der Waals surface area contributed by atoms with Crippen molar-refractivity contribution in [2.75, 3.05) is 19.3 Å². The van der Waals surface area contributed by atoms with Crippen molar-refractivity contribution >= 4 is 9.84 Å². The molecule has 0 amide bonds. The Morgan fingerprint density at radius 2 is 1.70 bits per heavy atom. The van der Waals surface area contributed by atoms with Crippen LogP contribution in [0.25, 0.3) is 0 Å². The third kappa shape index (κ3) is 3.37. The van der Waals surface area contributed by atoms with Crippen molar-refractivity contribution in [1.29, 1.82) is 0 Å². The maximum Gasteiger partial charge on any atom is 0.151 e. The molecular weight excluding hydrogens is 272 g/mol. The van der Waals surface area contributed by atoms with Crippen molar-refractivity contribution in [3.63, 3.8) is 0 Å². The summed E-state index contributed by atoms with van der Waals surface area (Å²) in [6.45, 7) is 3.84. The first-order valence-electron chi connectivity index (χ1n) is 8.13. The predicted molar refractivity (Wildman–Crippen MR) is 83.5 cm³/mol. The summed E-state index contributed by atoms with van der Waals surface area (Å²) >= 11 is 0. The van der Waals surface area contributed by atoms with Crippen LogP contribution in [0.5, 0.6) is 0 Å². The third-order valence-electron chi connectivity index (χ3n) is 5.36. The molecule has 2 fully saturated rings. The van der Waals surface area contributed by atoms with Gasteiger partial charge in [0.05, 0.1) is 5.25 Å². The Balaban J connectivity index is 2.18. The van der Waals surface area contributed by atoms with Gasteiger partial charge in [0.1, 0.15) is 0 Å². The van der Waals surface area contributed by atoms with Gasteiger partial charge in [-0.1, -0.05) is 26.2 Å². The van der Waals surface area contributed by atoms with Gasteiger partial charge in [0.15, 0.2) is 9.84 Å². The Morgan fingerprint density at radius 1 is 1.05 bits per heavy atom. The summed E-state index contributed by atoms with van der Waals surface area (Å²) in [6.07, 6.45) is 9.23. The van der Waals surface area contributed by atoms with Crippen LogP contribution in [0, 0.1) is 5.92 Å². The van der Waals surface area contributed by atoms with Gasteiger partial charge in [0.25, 0.3) is 0 Å². The number of hydrogen-bond acceptors (Lipinski definition) is 4. The molecule has 0 aromatic rings. The van der Waals surface area contributed by atoms with Crippen molar-refractivity contribution in [1.82, 2.24) is 4.90 Å². The fraction of sp³-hybridized carbons (Fsp3) is 1.00. The zero-order valence-corrected chi connectivity index (χ0v) is 13.7. The molecule has 4 nitrogen and oxygen atoms in total. The Hall–Kier alpha value is -0.130. The average molecular weight is 302 g/mol. The molecule has 0 bridgehead atoms. The summed E-state index contributed by atoms with van der Waals surface area (Å²) in [5.41, 5.74) is 5.96. The maximum atomic E-state index is 12.0. The summed E-state index contributed by atoms with van der Waals surface area (Å²) < 4.78 is 24.1. The van der Waals surface area contributed by atoms with E-state index in [-0.39, 0.29) is 11.3 Å². The molecule has 5 heteroatoms. The van der Waals surface area contributed by atoms with E-state index >= 15 is 0 Å². The molecule has 0 aliphatic heterocycles. The van der Waals surface area contributed by atoms with E-state index < -0.39 is 9.84 Å². The van der Waals surface area contributed by atoms with E-state index in [0.29, 0.717) is 12.0 Å². The van der Waals surface area contributed by atoms with Crippen molar-refractivity contribution in [3.05, 3.63) is 0 Å². The van der Waals surface area contributed by atoms with Crippen molar-refractivity contribution < 1.29 is 8.42 Å². The minimum atomic E-state index is -2.94. The molecule has 2 rings (SSSR count). The summed E-state index contributed by atoms with van der Waals surface area (Å²) in [5.74, 6) is 0.546. The molecule has 4 atom stereocenters. The van der Waals surface area contributed by atoms with Crippen molar-refractivity contribution in [3.8, 4) is 0 Å². The van der Waals surface area contributed by atoms with Gasteiger partial charge >= 0.3 is 0 Å². The Bertz CT molecular complexity index is 410. The van der Waals surface area contributed by atoms with E-state index in [1.54, 1.807) is 0 Å². The topological polar surface area (TPSA) is 63.4 Å². The van der Waals surface area contributed by atoms with Crippen molar-refractivity contribution in [2.24, 2.45) is 11.7 Å². The van der Waals surface area contributed by atoms with Gasteiger partial charge in [-0.3, -0.25) is 4.90 Å². The van der Waals surface area contributed by atoms with Crippen molar-refractivity contribution in [2.45, 2.75) is 69.2 Å². The second-order valence-electron chi connectivity index (χ2n) is 6.54. The molecule has 2 aliphatic carbocycles. The predicted octanol–water partition coefficient (Wildman–Crippen LogP) is 1.79. The lowest BCUT2D eigenvalue weighted by molar-refractivity contribution is 0.0736. The number of nitrogens with two attached hydrogens (primary N) is 1. The first-order chi connectivity index (χ1) is 9.49. The van der Waals surface area contributed by atoms with Crippen LogP contribution in [0.15, 0.2) is 0 Å². The van der Waals surface area contributed by atoms with Crippen LogP contribution in [-0.4, -0.2) is 50.0 Å². The Kier molecular flexibility index (Phi) is 5.49. The van der Waals surface area contributed by atoms with Crippen LogP contribution >= 0.6 is 0 Å². The minimum Gasteiger partial charge on any atom is -0.330 e. The smallest absolute Gasteiger partial charge is 0.151 e. The van der Waals surface area contributed by atoms with Crippen LogP contribution in [0.3, 0.4) is 0 Å². The van der Waals surface area contributed by atoms with E-state index in [1.807, 2.05) is 0 Å². The monoisotopic (exact) mass is 302 g/mol. The fourth-order valence-corrected chi connectivity index (χ4v) is 5.86. The standard InChI is InChI=1S/C15H30N2O2S/c1-3-17(13-8-5-4-7-12(13)11-16)14-9-6-10-15(14)20(2,18)19/h12-15H,3-11,16H2,1-2H3. The number of hydrogen-bond donors (Lipinski definition) is 1. The first kappa shape index (κ1) is 16.2. The second-order valence-corrected chi connectivity index (χ2v) is 8.81. The molecule has 2 saturated carbocycles. The lowest BCUT2D eigenvalue weighted by Crippen LogP contribution is -2.53. The average Bonchev–Trinajstić information content (AvgIpc) is 2.89. The van der Waals surface area contributed by atoms with Crippen LogP contribution in [0.4, 0.5) is 0 Å². The van der Waals surface area contributed by atoms with Crippen LogP contribution < -0.4 is 5.73 Å². The maximum absolute atomic E-state index is 12.0. The molecule has 0 aromatic heterocycles. The lowest BCUT2D eigenvalue weighted by Gasteiger charge is -2.43. The van der Waals surface area contributed by atoms with E-state index in [0.717, 1.165) is 32.4 Å². The molecular formula is C15H30N2O2S. The highest BCUT2D eigenvalue weighted by Gasteiger charge is 2.41. The van der Waals surface area contributed by atoms with E-state index in [4.69, 9.17) is 5.73 Å². The second kappa shape index (κ2) is 6.75. The SMILES string of the molecule is CCN(C1CCCCC1CN)C1CCCC1S(C)(=O)=O. The summed E-state index contributed by atoms with van der Waals surface area (Å²) in [7, 11) is -2.94. The van der Waals surface area contributed by atoms with E-state index in [1.165, 1.54) is 31.9 Å². The molecule has 0 radical (unpaired) electrons. The minimum absolute atomic E-state index is 0.164. The van der Waals surface area contributed by atoms with E-state index in [9.17, 15) is 8.42 Å². The first-order valence-corrected chi connectivity index (χ1v) is 10.1. The highest BCUT2D eigenvalue weighted by Crippen LogP contribution is 2.35. The number of nitrogens with zero attached hydrogens (tertiary/aromatic N) is 1. The molecule has 0 spiro atoms. The van der Waals surface area contributed by atoms with Gasteiger partial charge in [-0.25, -0.2) is 8.42 Å². The largest absolute Gasteiger partial charge is 0.330 e. The van der Waals surface area contributed by atoms with Crippen LogP contribution in [0.1, 0.15) is 51.9 Å². The Labute approximate surface area is 124 Å².